The van der Waals surface area contributed by atoms with Crippen molar-refractivity contribution in [3.05, 3.63) is 35.1 Å². The normalized spacial score (nSPS) is 14.1. The molecule has 2 nitrogen and oxygen atoms in total. The van der Waals surface area contributed by atoms with E-state index in [9.17, 15) is 18.0 Å². The van der Waals surface area contributed by atoms with Crippen LogP contribution in [0.3, 0.4) is 0 Å². The van der Waals surface area contributed by atoms with E-state index >= 15 is 0 Å². The summed E-state index contributed by atoms with van der Waals surface area (Å²) in [6.07, 6.45) is 0.456. The first-order chi connectivity index (χ1) is 8.31. The fourth-order valence-corrected chi connectivity index (χ4v) is 1.87. The van der Waals surface area contributed by atoms with E-state index in [1.807, 2.05) is 0 Å². The van der Waals surface area contributed by atoms with Crippen LogP contribution >= 0.6 is 11.6 Å². The lowest BCUT2D eigenvalue weighted by Crippen LogP contribution is -2.35. The van der Waals surface area contributed by atoms with E-state index < -0.39 is 28.9 Å². The zero-order valence-corrected chi connectivity index (χ0v) is 10.7. The van der Waals surface area contributed by atoms with Crippen molar-refractivity contribution in [1.29, 1.82) is 0 Å². The maximum atomic E-state index is 13.3. The average Bonchev–Trinajstić information content (AvgIpc) is 2.12. The Morgan fingerprint density at radius 1 is 1.28 bits per heavy atom. The summed E-state index contributed by atoms with van der Waals surface area (Å²) < 4.78 is 39.3. The summed E-state index contributed by atoms with van der Waals surface area (Å²) in [5.41, 5.74) is -0.787. The minimum atomic E-state index is -1.23. The molecule has 0 bridgehead atoms. The first-order valence-corrected chi connectivity index (χ1v) is 5.84. The number of halogens is 4. The summed E-state index contributed by atoms with van der Waals surface area (Å²) in [6.45, 7) is 3.40. The van der Waals surface area contributed by atoms with Crippen LogP contribution in [0.15, 0.2) is 12.1 Å². The van der Waals surface area contributed by atoms with Crippen LogP contribution in [0.4, 0.5) is 13.2 Å². The maximum Gasteiger partial charge on any atom is 0.257 e. The third-order valence-electron chi connectivity index (χ3n) is 2.29. The number of benzene rings is 1. The standard InChI is InChI=1S/C12H13ClF3NO/c1-6(13)3-7(2)17-12(18)11-9(15)4-8(14)5-10(11)16/h4-7H,3H2,1-2H3,(H,17,18). The van der Waals surface area contributed by atoms with Crippen LogP contribution < -0.4 is 5.32 Å². The molecule has 0 heterocycles. The molecule has 0 radical (unpaired) electrons. The van der Waals surface area contributed by atoms with Crippen molar-refractivity contribution >= 4 is 17.5 Å². The van der Waals surface area contributed by atoms with Crippen LogP contribution in [0.5, 0.6) is 0 Å². The molecule has 2 unspecified atom stereocenters. The van der Waals surface area contributed by atoms with Crippen molar-refractivity contribution in [3.8, 4) is 0 Å². The van der Waals surface area contributed by atoms with Gasteiger partial charge in [0.25, 0.3) is 5.91 Å². The van der Waals surface area contributed by atoms with E-state index in [-0.39, 0.29) is 11.4 Å². The van der Waals surface area contributed by atoms with Crippen molar-refractivity contribution in [3.63, 3.8) is 0 Å². The van der Waals surface area contributed by atoms with Gasteiger partial charge in [0.2, 0.25) is 0 Å². The molecule has 1 rings (SSSR count). The molecule has 1 aromatic carbocycles. The molecule has 0 fully saturated rings. The Balaban J connectivity index is 2.85. The largest absolute Gasteiger partial charge is 0.349 e. The van der Waals surface area contributed by atoms with Crippen molar-refractivity contribution in [2.45, 2.75) is 31.7 Å². The van der Waals surface area contributed by atoms with Crippen LogP contribution in [0.1, 0.15) is 30.6 Å². The summed E-state index contributed by atoms with van der Waals surface area (Å²) in [5.74, 6) is -4.44. The predicted molar refractivity (Wildman–Crippen MR) is 63.2 cm³/mol. The number of carbonyl (C=O) groups is 1. The second-order valence-electron chi connectivity index (χ2n) is 4.14. The highest BCUT2D eigenvalue weighted by Crippen LogP contribution is 2.15. The lowest BCUT2D eigenvalue weighted by atomic mass is 10.1. The summed E-state index contributed by atoms with van der Waals surface area (Å²) in [5, 5.41) is 2.23. The lowest BCUT2D eigenvalue weighted by molar-refractivity contribution is 0.0930. The van der Waals surface area contributed by atoms with E-state index in [2.05, 4.69) is 5.32 Å². The van der Waals surface area contributed by atoms with Gasteiger partial charge in [-0.2, -0.15) is 0 Å². The van der Waals surface area contributed by atoms with E-state index in [4.69, 9.17) is 11.6 Å². The van der Waals surface area contributed by atoms with Crippen LogP contribution in [-0.2, 0) is 0 Å². The minimum Gasteiger partial charge on any atom is -0.349 e. The van der Waals surface area contributed by atoms with E-state index in [0.29, 0.717) is 18.6 Å². The molecule has 1 N–H and O–H groups in total. The van der Waals surface area contributed by atoms with Gasteiger partial charge >= 0.3 is 0 Å². The Morgan fingerprint density at radius 2 is 1.78 bits per heavy atom. The van der Waals surface area contributed by atoms with Crippen LogP contribution in [0.25, 0.3) is 0 Å². The van der Waals surface area contributed by atoms with E-state index in [1.165, 1.54) is 0 Å². The molecular weight excluding hydrogens is 267 g/mol. The second-order valence-corrected chi connectivity index (χ2v) is 4.88. The Morgan fingerprint density at radius 3 is 2.22 bits per heavy atom. The third kappa shape index (κ3) is 3.91. The zero-order valence-electron chi connectivity index (χ0n) is 9.94. The Labute approximate surface area is 108 Å². The highest BCUT2D eigenvalue weighted by Gasteiger charge is 2.20. The molecule has 0 saturated carbocycles. The van der Waals surface area contributed by atoms with Gasteiger partial charge in [0.15, 0.2) is 0 Å². The number of nitrogens with one attached hydrogen (secondary N) is 1. The number of carbonyl (C=O) groups excluding carboxylic acids is 1. The summed E-state index contributed by atoms with van der Waals surface area (Å²) in [6, 6.07) is 0.591. The van der Waals surface area contributed by atoms with Crippen LogP contribution in [0.2, 0.25) is 0 Å². The Bertz CT molecular complexity index is 428. The SMILES string of the molecule is CC(Cl)CC(C)NC(=O)c1c(F)cc(F)cc1F. The highest BCUT2D eigenvalue weighted by molar-refractivity contribution is 6.20. The van der Waals surface area contributed by atoms with Crippen LogP contribution in [0, 0.1) is 17.5 Å². The number of hydrogen-bond donors (Lipinski definition) is 1. The molecule has 1 aromatic rings. The van der Waals surface area contributed by atoms with Crippen molar-refractivity contribution in [1.82, 2.24) is 5.32 Å². The quantitative estimate of drug-likeness (QED) is 0.842. The zero-order chi connectivity index (χ0) is 13.9. The van der Waals surface area contributed by atoms with Gasteiger partial charge in [-0.1, -0.05) is 0 Å². The fourth-order valence-electron chi connectivity index (χ4n) is 1.60. The van der Waals surface area contributed by atoms with Crippen LogP contribution in [-0.4, -0.2) is 17.3 Å². The molecule has 2 atom stereocenters. The Hall–Kier alpha value is -1.23. The van der Waals surface area contributed by atoms with Crippen molar-refractivity contribution in [2.24, 2.45) is 0 Å². The number of alkyl halides is 1. The van der Waals surface area contributed by atoms with Gasteiger partial charge in [0.1, 0.15) is 23.0 Å². The molecule has 0 spiro atoms. The summed E-state index contributed by atoms with van der Waals surface area (Å²) in [4.78, 5) is 11.6. The topological polar surface area (TPSA) is 29.1 Å². The first kappa shape index (κ1) is 14.8. The molecule has 0 saturated heterocycles. The second kappa shape index (κ2) is 6.09. The summed E-state index contributed by atoms with van der Waals surface area (Å²) >= 11 is 5.74. The maximum absolute atomic E-state index is 13.3. The molecule has 6 heteroatoms. The predicted octanol–water partition coefficient (Wildman–Crippen LogP) is 3.24. The smallest absolute Gasteiger partial charge is 0.257 e. The van der Waals surface area contributed by atoms with Gasteiger partial charge in [0.05, 0.1) is 0 Å². The average molecular weight is 280 g/mol. The van der Waals surface area contributed by atoms with Gasteiger partial charge in [0, 0.05) is 23.6 Å². The number of rotatable bonds is 4. The van der Waals surface area contributed by atoms with E-state index in [0.717, 1.165) is 0 Å². The van der Waals surface area contributed by atoms with E-state index in [1.54, 1.807) is 13.8 Å². The lowest BCUT2D eigenvalue weighted by Gasteiger charge is -2.15. The molecule has 0 aliphatic rings. The number of hydrogen-bond acceptors (Lipinski definition) is 1. The van der Waals surface area contributed by atoms with Crippen molar-refractivity contribution < 1.29 is 18.0 Å². The molecule has 18 heavy (non-hydrogen) atoms. The minimum absolute atomic E-state index is 0.178. The third-order valence-corrected chi connectivity index (χ3v) is 2.47. The Kier molecular flexibility index (Phi) is 5.02. The van der Waals surface area contributed by atoms with Gasteiger partial charge in [-0.25, -0.2) is 13.2 Å². The first-order valence-electron chi connectivity index (χ1n) is 5.40. The van der Waals surface area contributed by atoms with Gasteiger partial charge in [-0.15, -0.1) is 11.6 Å². The summed E-state index contributed by atoms with van der Waals surface area (Å²) in [7, 11) is 0. The molecule has 0 aliphatic carbocycles. The van der Waals surface area contributed by atoms with Gasteiger partial charge in [-0.3, -0.25) is 4.79 Å². The molecule has 0 aromatic heterocycles. The molecule has 1 amide bonds. The van der Waals surface area contributed by atoms with Crippen molar-refractivity contribution in [2.75, 3.05) is 0 Å². The van der Waals surface area contributed by atoms with Gasteiger partial charge < -0.3 is 5.32 Å². The molecule has 100 valence electrons. The highest BCUT2D eigenvalue weighted by atomic mass is 35.5. The molecular formula is C12H13ClF3NO. The number of amides is 1. The molecule has 0 aliphatic heterocycles. The fraction of sp³-hybridized carbons (Fsp3) is 0.417. The van der Waals surface area contributed by atoms with Gasteiger partial charge in [-0.05, 0) is 20.3 Å². The monoisotopic (exact) mass is 279 g/mol.